The van der Waals surface area contributed by atoms with Crippen molar-refractivity contribution in [3.05, 3.63) is 29.8 Å². The molecule has 0 saturated heterocycles. The smallest absolute Gasteiger partial charge is 0.401 e. The Morgan fingerprint density at radius 3 is 2.10 bits per heavy atom. The summed E-state index contributed by atoms with van der Waals surface area (Å²) in [5, 5.41) is 11.3. The zero-order chi connectivity index (χ0) is 15.6. The highest BCUT2D eigenvalue weighted by Crippen LogP contribution is 2.25. The molecule has 0 radical (unpaired) electrons. The summed E-state index contributed by atoms with van der Waals surface area (Å²) in [5.74, 6) is -1.36. The summed E-state index contributed by atoms with van der Waals surface area (Å²) in [5.41, 5.74) is -0.697. The van der Waals surface area contributed by atoms with E-state index >= 15 is 0 Å². The Kier molecular flexibility index (Phi) is 4.65. The van der Waals surface area contributed by atoms with E-state index in [2.05, 4.69) is 5.32 Å². The molecule has 1 unspecified atom stereocenters. The quantitative estimate of drug-likeness (QED) is 0.873. The van der Waals surface area contributed by atoms with Gasteiger partial charge in [0.15, 0.2) is 0 Å². The fraction of sp³-hybridized carbons (Fsp3) is 0.462. The van der Waals surface area contributed by atoms with E-state index in [1.807, 2.05) is 19.0 Å². The Balaban J connectivity index is 3.03. The van der Waals surface area contributed by atoms with Gasteiger partial charge in [-0.3, -0.25) is 5.32 Å². The fourth-order valence-electron chi connectivity index (χ4n) is 1.67. The molecule has 1 atom stereocenters. The first kappa shape index (κ1) is 16.3. The van der Waals surface area contributed by atoms with E-state index in [1.165, 1.54) is 19.1 Å². The molecule has 20 heavy (non-hydrogen) atoms. The number of hydrogen-bond acceptors (Lipinski definition) is 3. The Morgan fingerprint density at radius 2 is 1.75 bits per heavy atom. The maximum absolute atomic E-state index is 12.3. The third-order valence-electron chi connectivity index (χ3n) is 3.03. The van der Waals surface area contributed by atoms with Crippen LogP contribution in [-0.2, 0) is 10.3 Å². The average Bonchev–Trinajstić information content (AvgIpc) is 2.35. The number of rotatable bonds is 5. The highest BCUT2D eigenvalue weighted by atomic mass is 19.4. The Hall–Kier alpha value is -1.76. The first-order chi connectivity index (χ1) is 9.06. The van der Waals surface area contributed by atoms with Gasteiger partial charge in [-0.15, -0.1) is 0 Å². The van der Waals surface area contributed by atoms with E-state index in [9.17, 15) is 23.1 Å². The summed E-state index contributed by atoms with van der Waals surface area (Å²) in [7, 11) is 3.63. The van der Waals surface area contributed by atoms with Crippen molar-refractivity contribution in [1.82, 2.24) is 5.32 Å². The molecule has 0 amide bonds. The largest absolute Gasteiger partial charge is 0.480 e. The van der Waals surface area contributed by atoms with Gasteiger partial charge in [0.25, 0.3) is 0 Å². The molecule has 0 saturated carbocycles. The zero-order valence-electron chi connectivity index (χ0n) is 11.5. The van der Waals surface area contributed by atoms with Crippen LogP contribution in [0.2, 0.25) is 0 Å². The molecular weight excluding hydrogens is 273 g/mol. The molecule has 112 valence electrons. The maximum atomic E-state index is 12.3. The van der Waals surface area contributed by atoms with Crippen molar-refractivity contribution in [3.63, 3.8) is 0 Å². The van der Waals surface area contributed by atoms with E-state index in [0.29, 0.717) is 0 Å². The van der Waals surface area contributed by atoms with E-state index in [1.54, 1.807) is 12.1 Å². The van der Waals surface area contributed by atoms with Crippen LogP contribution in [0, 0.1) is 0 Å². The van der Waals surface area contributed by atoms with Gasteiger partial charge in [0.05, 0.1) is 6.54 Å². The summed E-state index contributed by atoms with van der Waals surface area (Å²) in [6, 6.07) is 6.33. The number of carboxylic acid groups (broad SMARTS) is 1. The summed E-state index contributed by atoms with van der Waals surface area (Å²) < 4.78 is 36.8. The van der Waals surface area contributed by atoms with Crippen molar-refractivity contribution in [1.29, 1.82) is 0 Å². The van der Waals surface area contributed by atoms with Crippen molar-refractivity contribution in [2.75, 3.05) is 25.5 Å². The Labute approximate surface area is 115 Å². The third kappa shape index (κ3) is 3.86. The molecule has 4 nitrogen and oxygen atoms in total. The molecule has 0 fully saturated rings. The summed E-state index contributed by atoms with van der Waals surface area (Å²) in [6.45, 7) is -0.156. The van der Waals surface area contributed by atoms with Crippen LogP contribution in [0.15, 0.2) is 24.3 Å². The molecule has 0 aliphatic rings. The summed E-state index contributed by atoms with van der Waals surface area (Å²) in [4.78, 5) is 13.1. The Morgan fingerprint density at radius 1 is 1.25 bits per heavy atom. The van der Waals surface area contributed by atoms with Crippen LogP contribution in [0.25, 0.3) is 0 Å². The molecule has 1 aromatic carbocycles. The Bertz CT molecular complexity index is 471. The summed E-state index contributed by atoms with van der Waals surface area (Å²) in [6.07, 6.45) is -4.47. The minimum Gasteiger partial charge on any atom is -0.480 e. The number of hydrogen-bond donors (Lipinski definition) is 2. The minimum atomic E-state index is -4.47. The van der Waals surface area contributed by atoms with Crippen LogP contribution in [0.1, 0.15) is 12.5 Å². The molecule has 7 heteroatoms. The van der Waals surface area contributed by atoms with Gasteiger partial charge in [-0.25, -0.2) is 4.79 Å². The first-order valence-corrected chi connectivity index (χ1v) is 5.89. The minimum absolute atomic E-state index is 0.264. The molecule has 0 aliphatic carbocycles. The number of alkyl halides is 3. The van der Waals surface area contributed by atoms with Gasteiger partial charge in [0, 0.05) is 19.8 Å². The molecule has 0 spiro atoms. The number of carbonyl (C=O) groups is 1. The molecular formula is C13H17F3N2O2. The first-order valence-electron chi connectivity index (χ1n) is 5.89. The van der Waals surface area contributed by atoms with Crippen molar-refractivity contribution in [2.24, 2.45) is 0 Å². The number of aliphatic carboxylic acids is 1. The van der Waals surface area contributed by atoms with Crippen LogP contribution in [0.4, 0.5) is 18.9 Å². The molecule has 2 N–H and O–H groups in total. The highest BCUT2D eigenvalue weighted by molar-refractivity contribution is 5.80. The number of carboxylic acids is 1. The van der Waals surface area contributed by atoms with E-state index in [4.69, 9.17) is 0 Å². The fourth-order valence-corrected chi connectivity index (χ4v) is 1.67. The molecule has 0 heterocycles. The molecule has 0 aliphatic heterocycles. The lowest BCUT2D eigenvalue weighted by Gasteiger charge is -2.28. The molecule has 0 bridgehead atoms. The van der Waals surface area contributed by atoms with E-state index in [0.717, 1.165) is 5.69 Å². The SMILES string of the molecule is CN(C)c1ccc(C(C)(NCC(F)(F)F)C(=O)O)cc1. The summed E-state index contributed by atoms with van der Waals surface area (Å²) >= 11 is 0. The monoisotopic (exact) mass is 290 g/mol. The van der Waals surface area contributed by atoms with Gasteiger partial charge in [-0.05, 0) is 24.6 Å². The second-order valence-corrected chi connectivity index (χ2v) is 4.84. The third-order valence-corrected chi connectivity index (χ3v) is 3.03. The zero-order valence-corrected chi connectivity index (χ0v) is 11.5. The normalized spacial score (nSPS) is 14.7. The number of halogens is 3. The predicted molar refractivity (Wildman–Crippen MR) is 69.8 cm³/mol. The molecule has 0 aromatic heterocycles. The van der Waals surface area contributed by atoms with Crippen LogP contribution in [0.3, 0.4) is 0 Å². The van der Waals surface area contributed by atoms with Gasteiger partial charge in [0.1, 0.15) is 5.54 Å². The number of anilines is 1. The number of benzene rings is 1. The van der Waals surface area contributed by atoms with Crippen LogP contribution in [0.5, 0.6) is 0 Å². The van der Waals surface area contributed by atoms with Gasteiger partial charge >= 0.3 is 12.1 Å². The van der Waals surface area contributed by atoms with Crippen LogP contribution in [-0.4, -0.2) is 37.9 Å². The standard InChI is InChI=1S/C13H17F3N2O2/c1-12(11(19)20,17-8-13(14,15)16)9-4-6-10(7-5-9)18(2)3/h4-7,17H,8H2,1-3H3,(H,19,20). The number of nitrogens with one attached hydrogen (secondary N) is 1. The van der Waals surface area contributed by atoms with Gasteiger partial charge < -0.3 is 10.0 Å². The van der Waals surface area contributed by atoms with Crippen molar-refractivity contribution in [2.45, 2.75) is 18.6 Å². The predicted octanol–water partition coefficient (Wildman–Crippen LogP) is 2.20. The van der Waals surface area contributed by atoms with Gasteiger partial charge in [-0.2, -0.15) is 13.2 Å². The van der Waals surface area contributed by atoms with E-state index in [-0.39, 0.29) is 5.56 Å². The lowest BCUT2D eigenvalue weighted by molar-refractivity contribution is -0.150. The van der Waals surface area contributed by atoms with Crippen molar-refractivity contribution < 1.29 is 23.1 Å². The lowest BCUT2D eigenvalue weighted by atomic mass is 9.91. The van der Waals surface area contributed by atoms with Crippen LogP contribution >= 0.6 is 0 Å². The lowest BCUT2D eigenvalue weighted by Crippen LogP contribution is -2.50. The van der Waals surface area contributed by atoms with Gasteiger partial charge in [-0.1, -0.05) is 12.1 Å². The van der Waals surface area contributed by atoms with E-state index < -0.39 is 24.2 Å². The topological polar surface area (TPSA) is 52.6 Å². The number of nitrogens with zero attached hydrogens (tertiary/aromatic N) is 1. The van der Waals surface area contributed by atoms with Crippen LogP contribution < -0.4 is 10.2 Å². The van der Waals surface area contributed by atoms with Crippen molar-refractivity contribution in [3.8, 4) is 0 Å². The second-order valence-electron chi connectivity index (χ2n) is 4.84. The molecule has 1 rings (SSSR count). The molecule has 1 aromatic rings. The average molecular weight is 290 g/mol. The second kappa shape index (κ2) is 5.70. The maximum Gasteiger partial charge on any atom is 0.401 e. The highest BCUT2D eigenvalue weighted by Gasteiger charge is 2.39. The van der Waals surface area contributed by atoms with Crippen molar-refractivity contribution >= 4 is 11.7 Å². The van der Waals surface area contributed by atoms with Gasteiger partial charge in [0.2, 0.25) is 0 Å².